The van der Waals surface area contributed by atoms with E-state index in [-0.39, 0.29) is 29.6 Å². The molecule has 0 aromatic heterocycles. The Bertz CT molecular complexity index is 658. The van der Waals surface area contributed by atoms with Gasteiger partial charge < -0.3 is 14.8 Å². The second kappa shape index (κ2) is 7.53. The molecule has 26 heavy (non-hydrogen) atoms. The van der Waals surface area contributed by atoms with Crippen molar-refractivity contribution in [2.75, 3.05) is 7.05 Å². The third-order valence-electron chi connectivity index (χ3n) is 4.31. The molecule has 2 amide bonds. The summed E-state index contributed by atoms with van der Waals surface area (Å²) in [5.41, 5.74) is -0.879. The van der Waals surface area contributed by atoms with Crippen LogP contribution in [-0.2, 0) is 9.59 Å². The fraction of sp³-hybridized carbons (Fsp3) is 0.529. The van der Waals surface area contributed by atoms with Crippen LogP contribution in [0.15, 0.2) is 24.3 Å². The molecule has 9 heteroatoms. The van der Waals surface area contributed by atoms with Crippen molar-refractivity contribution < 1.29 is 32.2 Å². The van der Waals surface area contributed by atoms with Crippen molar-refractivity contribution in [2.45, 2.75) is 50.7 Å². The molecule has 0 saturated heterocycles. The van der Waals surface area contributed by atoms with Gasteiger partial charge in [0, 0.05) is 24.9 Å². The number of imide groups is 1. The Kier molecular flexibility index (Phi) is 5.80. The Morgan fingerprint density at radius 2 is 1.88 bits per heavy atom. The van der Waals surface area contributed by atoms with Crippen LogP contribution in [0, 0.1) is 0 Å². The van der Waals surface area contributed by atoms with E-state index in [9.17, 15) is 22.8 Å². The number of nitrogens with zero attached hydrogens (tertiary/aromatic N) is 1. The number of halogens is 3. The van der Waals surface area contributed by atoms with E-state index in [1.807, 2.05) is 0 Å². The first-order valence-electron chi connectivity index (χ1n) is 8.05. The summed E-state index contributed by atoms with van der Waals surface area (Å²) in [5.74, 6) is -0.486. The van der Waals surface area contributed by atoms with Crippen molar-refractivity contribution in [1.29, 1.82) is 0 Å². The molecule has 1 N–H and O–H groups in total. The average molecular weight is 374 g/mol. The summed E-state index contributed by atoms with van der Waals surface area (Å²) in [6, 6.07) is 4.93. The summed E-state index contributed by atoms with van der Waals surface area (Å²) < 4.78 is 46.2. The monoisotopic (exact) mass is 374 g/mol. The number of alkyl halides is 3. The highest BCUT2D eigenvalue weighted by molar-refractivity contribution is 5.93. The number of hydrogen-bond acceptors (Lipinski definition) is 5. The molecule has 0 spiro atoms. The van der Waals surface area contributed by atoms with Crippen LogP contribution in [0.25, 0.3) is 0 Å². The van der Waals surface area contributed by atoms with Crippen molar-refractivity contribution in [3.05, 3.63) is 24.3 Å². The predicted octanol–water partition coefficient (Wildman–Crippen LogP) is 2.48. The van der Waals surface area contributed by atoms with Gasteiger partial charge in [-0.2, -0.15) is 0 Å². The van der Waals surface area contributed by atoms with E-state index >= 15 is 0 Å². The molecule has 1 saturated carbocycles. The van der Waals surface area contributed by atoms with Crippen LogP contribution in [0.1, 0.15) is 26.7 Å². The maximum Gasteiger partial charge on any atom is 0.573 e. The van der Waals surface area contributed by atoms with E-state index in [1.54, 1.807) is 20.9 Å². The molecule has 1 aromatic carbocycles. The molecule has 2 rings (SSSR count). The fourth-order valence-corrected chi connectivity index (χ4v) is 2.53. The molecular formula is C17H21F3N2O4. The van der Waals surface area contributed by atoms with Gasteiger partial charge in [0.1, 0.15) is 17.6 Å². The van der Waals surface area contributed by atoms with Gasteiger partial charge in [-0.1, -0.05) is 6.07 Å². The van der Waals surface area contributed by atoms with E-state index in [0.717, 1.165) is 11.0 Å². The highest BCUT2D eigenvalue weighted by Crippen LogP contribution is 2.32. The number of likely N-dealkylation sites (N-methyl/N-ethyl adjacent to an activating group) is 1. The lowest BCUT2D eigenvalue weighted by Crippen LogP contribution is -2.59. The van der Waals surface area contributed by atoms with Gasteiger partial charge in [0.05, 0.1) is 5.54 Å². The lowest BCUT2D eigenvalue weighted by atomic mass is 9.86. The minimum Gasteiger partial charge on any atom is -0.490 e. The summed E-state index contributed by atoms with van der Waals surface area (Å²) in [6.07, 6.45) is -3.75. The number of nitrogens with one attached hydrogen (secondary N) is 1. The van der Waals surface area contributed by atoms with E-state index in [4.69, 9.17) is 4.74 Å². The molecule has 0 unspecified atom stereocenters. The molecular weight excluding hydrogens is 353 g/mol. The Labute approximate surface area is 149 Å². The van der Waals surface area contributed by atoms with Crippen LogP contribution in [0.4, 0.5) is 13.2 Å². The third kappa shape index (κ3) is 4.87. The van der Waals surface area contributed by atoms with Gasteiger partial charge in [-0.15, -0.1) is 13.2 Å². The summed E-state index contributed by atoms with van der Waals surface area (Å²) >= 11 is 0. The van der Waals surface area contributed by atoms with Gasteiger partial charge >= 0.3 is 6.36 Å². The Hall–Kier alpha value is -2.29. The van der Waals surface area contributed by atoms with Crippen LogP contribution in [0.5, 0.6) is 11.5 Å². The summed E-state index contributed by atoms with van der Waals surface area (Å²) in [5, 5.41) is 2.85. The first kappa shape index (κ1) is 20.0. The molecule has 0 atom stereocenters. The van der Waals surface area contributed by atoms with Gasteiger partial charge in [0.2, 0.25) is 12.3 Å². The minimum atomic E-state index is -4.77. The number of ether oxygens (including phenoxy) is 2. The van der Waals surface area contributed by atoms with Crippen molar-refractivity contribution in [2.24, 2.45) is 0 Å². The first-order chi connectivity index (χ1) is 12.1. The summed E-state index contributed by atoms with van der Waals surface area (Å²) in [4.78, 5) is 24.8. The number of carbonyl (C=O) groups is 2. The lowest BCUT2D eigenvalue weighted by Gasteiger charge is -2.42. The third-order valence-corrected chi connectivity index (χ3v) is 4.31. The molecule has 0 radical (unpaired) electrons. The zero-order valence-corrected chi connectivity index (χ0v) is 14.7. The topological polar surface area (TPSA) is 67.9 Å². The van der Waals surface area contributed by atoms with Gasteiger partial charge in [0.25, 0.3) is 0 Å². The molecule has 1 aliphatic carbocycles. The standard InChI is InChI=1S/C17H21F3N2O4/c1-16(2,21-3)15(24)22(10-23)11-7-14(8-11)25-12-5-4-6-13(9-12)26-17(18,19)20/h4-6,9-11,14,21H,7-8H2,1-3H3. The zero-order chi connectivity index (χ0) is 19.5. The van der Waals surface area contributed by atoms with Crippen LogP contribution in [0.2, 0.25) is 0 Å². The van der Waals surface area contributed by atoms with Crippen molar-refractivity contribution >= 4 is 12.3 Å². The smallest absolute Gasteiger partial charge is 0.490 e. The highest BCUT2D eigenvalue weighted by atomic mass is 19.4. The van der Waals surface area contributed by atoms with Gasteiger partial charge in [-0.3, -0.25) is 14.5 Å². The van der Waals surface area contributed by atoms with Gasteiger partial charge in [-0.25, -0.2) is 0 Å². The molecule has 1 aromatic rings. The SMILES string of the molecule is CNC(C)(C)C(=O)N(C=O)C1CC(Oc2cccc(OC(F)(F)F)c2)C1. The van der Waals surface area contributed by atoms with Gasteiger partial charge in [0.15, 0.2) is 0 Å². The molecule has 1 fully saturated rings. The normalized spacial score (nSPS) is 20.1. The number of benzene rings is 1. The molecule has 0 heterocycles. The Morgan fingerprint density at radius 3 is 2.42 bits per heavy atom. The zero-order valence-electron chi connectivity index (χ0n) is 14.7. The lowest BCUT2D eigenvalue weighted by molar-refractivity contribution is -0.274. The molecule has 144 valence electrons. The Balaban J connectivity index is 1.93. The van der Waals surface area contributed by atoms with E-state index < -0.39 is 11.9 Å². The maximum atomic E-state index is 12.4. The molecule has 0 bridgehead atoms. The maximum absolute atomic E-state index is 12.4. The van der Waals surface area contributed by atoms with Crippen molar-refractivity contribution in [1.82, 2.24) is 10.2 Å². The average Bonchev–Trinajstić information content (AvgIpc) is 2.51. The van der Waals surface area contributed by atoms with Crippen molar-refractivity contribution in [3.63, 3.8) is 0 Å². The molecule has 6 nitrogen and oxygen atoms in total. The van der Waals surface area contributed by atoms with Crippen LogP contribution in [-0.4, -0.2) is 48.3 Å². The number of hydrogen-bond donors (Lipinski definition) is 1. The second-order valence-electron chi connectivity index (χ2n) is 6.58. The Morgan fingerprint density at radius 1 is 1.27 bits per heavy atom. The van der Waals surface area contributed by atoms with Crippen molar-refractivity contribution in [3.8, 4) is 11.5 Å². The summed E-state index contributed by atoms with van der Waals surface area (Å²) in [6.45, 7) is 3.34. The molecule has 1 aliphatic rings. The molecule has 0 aliphatic heterocycles. The number of carbonyl (C=O) groups excluding carboxylic acids is 2. The fourth-order valence-electron chi connectivity index (χ4n) is 2.53. The quantitative estimate of drug-likeness (QED) is 0.743. The predicted molar refractivity (Wildman–Crippen MR) is 86.6 cm³/mol. The number of rotatable bonds is 7. The van der Waals surface area contributed by atoms with Crippen LogP contribution >= 0.6 is 0 Å². The second-order valence-corrected chi connectivity index (χ2v) is 6.58. The minimum absolute atomic E-state index is 0.231. The number of amides is 2. The van der Waals surface area contributed by atoms with Crippen LogP contribution < -0.4 is 14.8 Å². The van der Waals surface area contributed by atoms with E-state index in [2.05, 4.69) is 10.1 Å². The van der Waals surface area contributed by atoms with Gasteiger partial charge in [-0.05, 0) is 33.0 Å². The van der Waals surface area contributed by atoms with Crippen LogP contribution in [0.3, 0.4) is 0 Å². The summed E-state index contributed by atoms with van der Waals surface area (Å²) in [7, 11) is 1.63. The first-order valence-corrected chi connectivity index (χ1v) is 8.05. The van der Waals surface area contributed by atoms with E-state index in [0.29, 0.717) is 19.3 Å². The highest BCUT2D eigenvalue weighted by Gasteiger charge is 2.41. The van der Waals surface area contributed by atoms with E-state index in [1.165, 1.54) is 18.2 Å². The largest absolute Gasteiger partial charge is 0.573 e.